The standard InChI is InChI=1S/C16H18ClN3O2/c1-22-11-14-6-3-8-19(14)16(21)15-7-9-20(18-15)13-5-2-4-12(17)10-13/h2,4-5,7,9-10,14H,3,6,8,11H2,1H3. The van der Waals surface area contributed by atoms with E-state index in [9.17, 15) is 4.79 Å². The van der Waals surface area contributed by atoms with Gasteiger partial charge in [-0.1, -0.05) is 17.7 Å². The number of halogens is 1. The van der Waals surface area contributed by atoms with Gasteiger partial charge in [0.05, 0.1) is 18.3 Å². The van der Waals surface area contributed by atoms with Crippen LogP contribution in [-0.4, -0.2) is 46.9 Å². The van der Waals surface area contributed by atoms with Crippen LogP contribution in [0.3, 0.4) is 0 Å². The molecule has 1 aliphatic heterocycles. The number of likely N-dealkylation sites (tertiary alicyclic amines) is 1. The van der Waals surface area contributed by atoms with Crippen molar-refractivity contribution in [2.45, 2.75) is 18.9 Å². The minimum absolute atomic E-state index is 0.0414. The van der Waals surface area contributed by atoms with Gasteiger partial charge in [-0.3, -0.25) is 4.79 Å². The Kier molecular flexibility index (Phi) is 4.45. The summed E-state index contributed by atoms with van der Waals surface area (Å²) in [7, 11) is 1.66. The summed E-state index contributed by atoms with van der Waals surface area (Å²) >= 11 is 5.99. The topological polar surface area (TPSA) is 47.4 Å². The van der Waals surface area contributed by atoms with Gasteiger partial charge in [-0.2, -0.15) is 5.10 Å². The smallest absolute Gasteiger partial charge is 0.274 e. The van der Waals surface area contributed by atoms with E-state index in [-0.39, 0.29) is 11.9 Å². The van der Waals surface area contributed by atoms with Crippen LogP contribution in [0, 0.1) is 0 Å². The molecule has 0 bridgehead atoms. The molecule has 0 spiro atoms. The Morgan fingerprint density at radius 1 is 1.45 bits per heavy atom. The number of rotatable bonds is 4. The largest absolute Gasteiger partial charge is 0.383 e. The first kappa shape index (κ1) is 15.1. The summed E-state index contributed by atoms with van der Waals surface area (Å²) in [5.74, 6) is -0.0414. The van der Waals surface area contributed by atoms with Crippen LogP contribution >= 0.6 is 11.6 Å². The Balaban J connectivity index is 1.80. The van der Waals surface area contributed by atoms with E-state index < -0.39 is 0 Å². The van der Waals surface area contributed by atoms with Gasteiger partial charge in [-0.05, 0) is 37.1 Å². The van der Waals surface area contributed by atoms with Gasteiger partial charge in [-0.15, -0.1) is 0 Å². The van der Waals surface area contributed by atoms with E-state index in [1.807, 2.05) is 23.1 Å². The van der Waals surface area contributed by atoms with Crippen LogP contribution in [0.1, 0.15) is 23.3 Å². The molecule has 6 heteroatoms. The Morgan fingerprint density at radius 3 is 3.09 bits per heavy atom. The average molecular weight is 320 g/mol. The van der Waals surface area contributed by atoms with Crippen molar-refractivity contribution >= 4 is 17.5 Å². The molecule has 1 saturated heterocycles. The number of methoxy groups -OCH3 is 1. The molecule has 5 nitrogen and oxygen atoms in total. The molecule has 2 aromatic rings. The van der Waals surface area contributed by atoms with E-state index >= 15 is 0 Å². The monoisotopic (exact) mass is 319 g/mol. The Bertz CT molecular complexity index is 671. The molecule has 22 heavy (non-hydrogen) atoms. The highest BCUT2D eigenvalue weighted by molar-refractivity contribution is 6.30. The highest BCUT2D eigenvalue weighted by Crippen LogP contribution is 2.20. The summed E-state index contributed by atoms with van der Waals surface area (Å²) in [6.07, 6.45) is 3.77. The van der Waals surface area contributed by atoms with Gasteiger partial charge in [0.1, 0.15) is 0 Å². The SMILES string of the molecule is COCC1CCCN1C(=O)c1ccn(-c2cccc(Cl)c2)n1. The highest BCUT2D eigenvalue weighted by Gasteiger charge is 2.30. The molecule has 1 amide bonds. The molecule has 0 aliphatic carbocycles. The Morgan fingerprint density at radius 2 is 2.32 bits per heavy atom. The summed E-state index contributed by atoms with van der Waals surface area (Å²) in [6.45, 7) is 1.33. The van der Waals surface area contributed by atoms with E-state index in [1.165, 1.54) is 0 Å². The van der Waals surface area contributed by atoms with Crippen molar-refractivity contribution in [1.82, 2.24) is 14.7 Å². The number of nitrogens with zero attached hydrogens (tertiary/aromatic N) is 3. The molecule has 3 rings (SSSR count). The van der Waals surface area contributed by atoms with Crippen LogP contribution in [0.5, 0.6) is 0 Å². The molecule has 1 unspecified atom stereocenters. The van der Waals surface area contributed by atoms with E-state index in [4.69, 9.17) is 16.3 Å². The van der Waals surface area contributed by atoms with E-state index in [0.717, 1.165) is 25.1 Å². The van der Waals surface area contributed by atoms with Gasteiger partial charge < -0.3 is 9.64 Å². The summed E-state index contributed by atoms with van der Waals surface area (Å²) < 4.78 is 6.86. The van der Waals surface area contributed by atoms with Gasteiger partial charge in [0.2, 0.25) is 0 Å². The number of benzene rings is 1. The normalized spacial score (nSPS) is 17.9. The fourth-order valence-corrected chi connectivity index (χ4v) is 3.00. The first-order chi connectivity index (χ1) is 10.7. The van der Waals surface area contributed by atoms with E-state index in [1.54, 1.807) is 30.1 Å². The van der Waals surface area contributed by atoms with Crippen molar-refractivity contribution in [3.05, 3.63) is 47.2 Å². The summed E-state index contributed by atoms with van der Waals surface area (Å²) in [6, 6.07) is 9.26. The molecule has 1 atom stereocenters. The zero-order valence-electron chi connectivity index (χ0n) is 12.4. The maximum Gasteiger partial charge on any atom is 0.274 e. The van der Waals surface area contributed by atoms with Crippen LogP contribution in [0.25, 0.3) is 5.69 Å². The fourth-order valence-electron chi connectivity index (χ4n) is 2.82. The zero-order chi connectivity index (χ0) is 15.5. The van der Waals surface area contributed by atoms with Crippen molar-refractivity contribution in [3.63, 3.8) is 0 Å². The number of ether oxygens (including phenoxy) is 1. The van der Waals surface area contributed by atoms with Crippen LogP contribution in [0.15, 0.2) is 36.5 Å². The lowest BCUT2D eigenvalue weighted by molar-refractivity contribution is 0.0624. The molecular weight excluding hydrogens is 302 g/mol. The molecule has 0 saturated carbocycles. The average Bonchev–Trinajstić information content (AvgIpc) is 3.16. The lowest BCUT2D eigenvalue weighted by atomic mass is 10.2. The number of carbonyl (C=O) groups excluding carboxylic acids is 1. The molecular formula is C16H18ClN3O2. The molecule has 0 radical (unpaired) electrons. The minimum atomic E-state index is -0.0414. The third-order valence-electron chi connectivity index (χ3n) is 3.88. The third kappa shape index (κ3) is 3.00. The molecule has 1 aliphatic rings. The molecule has 1 aromatic heterocycles. The van der Waals surface area contributed by atoms with Crippen LogP contribution in [0.4, 0.5) is 0 Å². The van der Waals surface area contributed by atoms with Crippen molar-refractivity contribution in [2.24, 2.45) is 0 Å². The van der Waals surface area contributed by atoms with Gasteiger partial charge >= 0.3 is 0 Å². The Hall–Kier alpha value is -1.85. The quantitative estimate of drug-likeness (QED) is 0.870. The lowest BCUT2D eigenvalue weighted by Gasteiger charge is -2.23. The lowest BCUT2D eigenvalue weighted by Crippen LogP contribution is -2.38. The van der Waals surface area contributed by atoms with Crippen molar-refractivity contribution < 1.29 is 9.53 Å². The zero-order valence-corrected chi connectivity index (χ0v) is 13.2. The summed E-state index contributed by atoms with van der Waals surface area (Å²) in [5, 5.41) is 5.03. The van der Waals surface area contributed by atoms with Crippen LogP contribution in [-0.2, 0) is 4.74 Å². The predicted molar refractivity (Wildman–Crippen MR) is 84.5 cm³/mol. The van der Waals surface area contributed by atoms with Gasteiger partial charge in [-0.25, -0.2) is 4.68 Å². The number of amides is 1. The van der Waals surface area contributed by atoms with E-state index in [2.05, 4.69) is 5.10 Å². The van der Waals surface area contributed by atoms with Gasteiger partial charge in [0.15, 0.2) is 5.69 Å². The maximum atomic E-state index is 12.6. The molecule has 0 N–H and O–H groups in total. The van der Waals surface area contributed by atoms with Crippen molar-refractivity contribution in [3.8, 4) is 5.69 Å². The summed E-state index contributed by atoms with van der Waals surface area (Å²) in [5.41, 5.74) is 1.28. The van der Waals surface area contributed by atoms with E-state index in [0.29, 0.717) is 17.3 Å². The molecule has 1 fully saturated rings. The van der Waals surface area contributed by atoms with Gasteiger partial charge in [0, 0.05) is 24.9 Å². The summed E-state index contributed by atoms with van der Waals surface area (Å²) in [4.78, 5) is 14.5. The number of hydrogen-bond acceptors (Lipinski definition) is 3. The highest BCUT2D eigenvalue weighted by atomic mass is 35.5. The minimum Gasteiger partial charge on any atom is -0.383 e. The first-order valence-corrected chi connectivity index (χ1v) is 7.68. The Labute approximate surface area is 134 Å². The second kappa shape index (κ2) is 6.50. The van der Waals surface area contributed by atoms with Crippen LogP contribution < -0.4 is 0 Å². The van der Waals surface area contributed by atoms with Crippen LogP contribution in [0.2, 0.25) is 5.02 Å². The molecule has 2 heterocycles. The first-order valence-electron chi connectivity index (χ1n) is 7.30. The fraction of sp³-hybridized carbons (Fsp3) is 0.375. The predicted octanol–water partition coefficient (Wildman–Crippen LogP) is 2.78. The number of aromatic nitrogens is 2. The second-order valence-electron chi connectivity index (χ2n) is 5.38. The maximum absolute atomic E-state index is 12.6. The van der Waals surface area contributed by atoms with Crippen molar-refractivity contribution in [2.75, 3.05) is 20.3 Å². The van der Waals surface area contributed by atoms with Crippen molar-refractivity contribution in [1.29, 1.82) is 0 Å². The molecule has 116 valence electrons. The number of hydrogen-bond donors (Lipinski definition) is 0. The third-order valence-corrected chi connectivity index (χ3v) is 4.11. The second-order valence-corrected chi connectivity index (χ2v) is 5.81. The number of carbonyl (C=O) groups is 1. The molecule has 1 aromatic carbocycles. The van der Waals surface area contributed by atoms with Gasteiger partial charge in [0.25, 0.3) is 5.91 Å².